The van der Waals surface area contributed by atoms with Crippen molar-refractivity contribution in [2.24, 2.45) is 5.92 Å². The van der Waals surface area contributed by atoms with Crippen molar-refractivity contribution in [1.29, 1.82) is 0 Å². The predicted molar refractivity (Wildman–Crippen MR) is 87.9 cm³/mol. The van der Waals surface area contributed by atoms with Crippen molar-refractivity contribution < 1.29 is 18.6 Å². The molecule has 2 aromatic rings. The number of aryl methyl sites for hydroxylation is 2. The van der Waals surface area contributed by atoms with E-state index in [2.05, 4.69) is 20.6 Å². The molecule has 3 heterocycles. The molecule has 2 amide bonds. The van der Waals surface area contributed by atoms with E-state index in [1.54, 1.807) is 13.8 Å². The molecule has 2 fully saturated rings. The third-order valence-electron chi connectivity index (χ3n) is 4.92. The summed E-state index contributed by atoms with van der Waals surface area (Å²) in [5, 5.41) is 10.4. The number of rotatable bonds is 6. The highest BCUT2D eigenvalue weighted by atomic mass is 16.5. The number of hydrogen-bond donors (Lipinski definition) is 1. The number of aromatic nitrogens is 3. The summed E-state index contributed by atoms with van der Waals surface area (Å²) < 4.78 is 10.4. The maximum Gasteiger partial charge on any atom is 0.257 e. The van der Waals surface area contributed by atoms with Crippen LogP contribution in [-0.4, -0.2) is 38.6 Å². The van der Waals surface area contributed by atoms with Gasteiger partial charge in [-0.3, -0.25) is 9.59 Å². The second-order valence-electron chi connectivity index (χ2n) is 6.97. The van der Waals surface area contributed by atoms with Crippen LogP contribution in [0, 0.1) is 19.8 Å². The molecule has 9 heteroatoms. The highest BCUT2D eigenvalue weighted by molar-refractivity contribution is 5.95. The summed E-state index contributed by atoms with van der Waals surface area (Å²) in [6.45, 7) is 4.30. The van der Waals surface area contributed by atoms with Crippen LogP contribution in [0.3, 0.4) is 0 Å². The fourth-order valence-electron chi connectivity index (χ4n) is 3.33. The van der Waals surface area contributed by atoms with E-state index in [0.29, 0.717) is 47.5 Å². The van der Waals surface area contributed by atoms with Crippen LogP contribution in [0.1, 0.15) is 65.3 Å². The minimum Gasteiger partial charge on any atom is -0.361 e. The molecule has 0 aromatic carbocycles. The van der Waals surface area contributed by atoms with Gasteiger partial charge in [0, 0.05) is 13.0 Å². The Morgan fingerprint density at radius 1 is 1.23 bits per heavy atom. The Balaban J connectivity index is 1.40. The molecule has 1 atom stereocenters. The first-order valence-corrected chi connectivity index (χ1v) is 8.86. The standard InChI is InChI=1S/C17H21N5O4/c1-9-15(10(2)25-20-9)16(24)18-7-13-19-17(26-21-13)12-5-6-14(23)22(12)8-11-3-4-11/h11-12H,3-8H2,1-2H3,(H,18,24)/t12-/m0/s1. The molecule has 1 aliphatic carbocycles. The quantitative estimate of drug-likeness (QED) is 0.834. The first-order chi connectivity index (χ1) is 12.5. The maximum absolute atomic E-state index is 12.3. The van der Waals surface area contributed by atoms with Crippen LogP contribution in [0.4, 0.5) is 0 Å². The van der Waals surface area contributed by atoms with Gasteiger partial charge in [0.15, 0.2) is 5.82 Å². The van der Waals surface area contributed by atoms with E-state index in [1.165, 1.54) is 12.8 Å². The third kappa shape index (κ3) is 3.21. The summed E-state index contributed by atoms with van der Waals surface area (Å²) >= 11 is 0. The Kier molecular flexibility index (Phi) is 4.21. The second-order valence-corrected chi connectivity index (χ2v) is 6.97. The summed E-state index contributed by atoms with van der Waals surface area (Å²) in [7, 11) is 0. The Morgan fingerprint density at radius 3 is 2.73 bits per heavy atom. The van der Waals surface area contributed by atoms with Crippen molar-refractivity contribution >= 4 is 11.8 Å². The van der Waals surface area contributed by atoms with Crippen LogP contribution in [0.5, 0.6) is 0 Å². The molecular formula is C17H21N5O4. The van der Waals surface area contributed by atoms with E-state index in [1.807, 2.05) is 4.90 Å². The van der Waals surface area contributed by atoms with Gasteiger partial charge in [0.2, 0.25) is 11.8 Å². The van der Waals surface area contributed by atoms with Crippen LogP contribution in [-0.2, 0) is 11.3 Å². The normalized spacial score (nSPS) is 20.0. The minimum atomic E-state index is -0.293. The lowest BCUT2D eigenvalue weighted by Gasteiger charge is -2.21. The van der Waals surface area contributed by atoms with Crippen molar-refractivity contribution in [2.75, 3.05) is 6.54 Å². The summed E-state index contributed by atoms with van der Waals surface area (Å²) in [6, 6.07) is -0.150. The van der Waals surface area contributed by atoms with Crippen molar-refractivity contribution in [3.8, 4) is 0 Å². The van der Waals surface area contributed by atoms with Gasteiger partial charge in [-0.15, -0.1) is 0 Å². The molecule has 1 N–H and O–H groups in total. The van der Waals surface area contributed by atoms with E-state index in [9.17, 15) is 9.59 Å². The predicted octanol–water partition coefficient (Wildman–Crippen LogP) is 1.68. The van der Waals surface area contributed by atoms with Gasteiger partial charge in [0.05, 0.1) is 12.2 Å². The lowest BCUT2D eigenvalue weighted by Crippen LogP contribution is -2.30. The topological polar surface area (TPSA) is 114 Å². The van der Waals surface area contributed by atoms with Gasteiger partial charge in [-0.25, -0.2) is 0 Å². The Morgan fingerprint density at radius 2 is 2.04 bits per heavy atom. The number of nitrogens with one attached hydrogen (secondary N) is 1. The van der Waals surface area contributed by atoms with Gasteiger partial charge in [-0.2, -0.15) is 4.98 Å². The average Bonchev–Trinajstić information content (AvgIpc) is 3.02. The highest BCUT2D eigenvalue weighted by Gasteiger charge is 2.39. The molecule has 2 aromatic heterocycles. The fraction of sp³-hybridized carbons (Fsp3) is 0.588. The van der Waals surface area contributed by atoms with Crippen LogP contribution >= 0.6 is 0 Å². The molecule has 2 aliphatic rings. The Labute approximate surface area is 150 Å². The number of carbonyl (C=O) groups excluding carboxylic acids is 2. The smallest absolute Gasteiger partial charge is 0.257 e. The van der Waals surface area contributed by atoms with E-state index in [0.717, 1.165) is 6.54 Å². The zero-order valence-electron chi connectivity index (χ0n) is 14.8. The molecule has 0 radical (unpaired) electrons. The molecule has 1 aliphatic heterocycles. The molecule has 1 saturated heterocycles. The van der Waals surface area contributed by atoms with Gasteiger partial charge in [0.1, 0.15) is 17.4 Å². The van der Waals surface area contributed by atoms with Crippen LogP contribution in [0.25, 0.3) is 0 Å². The SMILES string of the molecule is Cc1noc(C)c1C(=O)NCc1noc([C@@H]2CCC(=O)N2CC2CC2)n1. The molecule has 0 bridgehead atoms. The number of likely N-dealkylation sites (tertiary alicyclic amines) is 1. The highest BCUT2D eigenvalue weighted by Crippen LogP contribution is 2.37. The number of carbonyl (C=O) groups is 2. The Bertz CT molecular complexity index is 819. The summed E-state index contributed by atoms with van der Waals surface area (Å²) in [5.74, 6) is 1.75. The van der Waals surface area contributed by atoms with Crippen molar-refractivity contribution in [3.63, 3.8) is 0 Å². The molecule has 4 rings (SSSR count). The van der Waals surface area contributed by atoms with Crippen molar-refractivity contribution in [3.05, 3.63) is 28.7 Å². The number of hydrogen-bond acceptors (Lipinski definition) is 7. The molecule has 0 spiro atoms. The molecule has 138 valence electrons. The summed E-state index contributed by atoms with van der Waals surface area (Å²) in [4.78, 5) is 30.6. The molecular weight excluding hydrogens is 338 g/mol. The van der Waals surface area contributed by atoms with Crippen LogP contribution < -0.4 is 5.32 Å². The Hall–Kier alpha value is -2.71. The lowest BCUT2D eigenvalue weighted by atomic mass is 10.2. The van der Waals surface area contributed by atoms with Gasteiger partial charge < -0.3 is 19.3 Å². The lowest BCUT2D eigenvalue weighted by molar-refractivity contribution is -0.129. The molecule has 26 heavy (non-hydrogen) atoms. The van der Waals surface area contributed by atoms with Crippen LogP contribution in [0.15, 0.2) is 9.05 Å². The zero-order valence-corrected chi connectivity index (χ0v) is 14.8. The summed E-state index contributed by atoms with van der Waals surface area (Å²) in [6.07, 6.45) is 3.56. The first kappa shape index (κ1) is 16.7. The van der Waals surface area contributed by atoms with Crippen LogP contribution in [0.2, 0.25) is 0 Å². The minimum absolute atomic E-state index is 0.135. The monoisotopic (exact) mass is 359 g/mol. The maximum atomic E-state index is 12.3. The summed E-state index contributed by atoms with van der Waals surface area (Å²) in [5.41, 5.74) is 0.958. The van der Waals surface area contributed by atoms with E-state index in [4.69, 9.17) is 9.05 Å². The first-order valence-electron chi connectivity index (χ1n) is 8.86. The number of nitrogens with zero attached hydrogens (tertiary/aromatic N) is 4. The van der Waals surface area contributed by atoms with Crippen molar-refractivity contribution in [2.45, 2.75) is 52.1 Å². The fourth-order valence-corrected chi connectivity index (χ4v) is 3.33. The second kappa shape index (κ2) is 6.54. The van der Waals surface area contributed by atoms with E-state index < -0.39 is 0 Å². The van der Waals surface area contributed by atoms with Crippen molar-refractivity contribution in [1.82, 2.24) is 25.5 Å². The van der Waals surface area contributed by atoms with Gasteiger partial charge in [-0.1, -0.05) is 10.3 Å². The molecule has 0 unspecified atom stereocenters. The van der Waals surface area contributed by atoms with E-state index in [-0.39, 0.29) is 24.4 Å². The molecule has 1 saturated carbocycles. The van der Waals surface area contributed by atoms with E-state index >= 15 is 0 Å². The molecule has 9 nitrogen and oxygen atoms in total. The number of amides is 2. The van der Waals surface area contributed by atoms with Gasteiger partial charge in [-0.05, 0) is 39.0 Å². The average molecular weight is 359 g/mol. The third-order valence-corrected chi connectivity index (χ3v) is 4.92. The van der Waals surface area contributed by atoms with Gasteiger partial charge >= 0.3 is 0 Å². The van der Waals surface area contributed by atoms with Gasteiger partial charge in [0.25, 0.3) is 5.91 Å². The zero-order chi connectivity index (χ0) is 18.3. The largest absolute Gasteiger partial charge is 0.361 e.